The molecule has 2 fully saturated rings. The maximum atomic E-state index is 5.88. The minimum absolute atomic E-state index is 0.199. The summed E-state index contributed by atoms with van der Waals surface area (Å²) < 4.78 is 11.1. The van der Waals surface area contributed by atoms with Gasteiger partial charge in [-0.25, -0.2) is 0 Å². The van der Waals surface area contributed by atoms with Crippen molar-refractivity contribution in [3.05, 3.63) is 0 Å². The van der Waals surface area contributed by atoms with E-state index in [0.717, 1.165) is 52.5 Å². The van der Waals surface area contributed by atoms with E-state index in [0.29, 0.717) is 12.0 Å². The Hall–Kier alpha value is 0.130. The zero-order valence-electron chi connectivity index (χ0n) is 10.6. The number of hydrogen-bond donors (Lipinski definition) is 0. The molecule has 4 nitrogen and oxygen atoms in total. The van der Waals surface area contributed by atoms with Crippen molar-refractivity contribution in [3.63, 3.8) is 0 Å². The van der Waals surface area contributed by atoms with Crippen molar-refractivity contribution in [2.75, 3.05) is 58.4 Å². The highest BCUT2D eigenvalue weighted by Crippen LogP contribution is 2.12. The first kappa shape index (κ1) is 13.6. The van der Waals surface area contributed by atoms with E-state index < -0.39 is 0 Å². The molecule has 0 N–H and O–H groups in total. The maximum absolute atomic E-state index is 5.88. The highest BCUT2D eigenvalue weighted by molar-refractivity contribution is 6.18. The second-order valence-electron chi connectivity index (χ2n) is 4.94. The zero-order chi connectivity index (χ0) is 12.1. The van der Waals surface area contributed by atoms with E-state index in [1.165, 1.54) is 0 Å². The van der Waals surface area contributed by atoms with Gasteiger partial charge in [-0.3, -0.25) is 9.80 Å². The van der Waals surface area contributed by atoms with E-state index >= 15 is 0 Å². The van der Waals surface area contributed by atoms with E-state index in [-0.39, 0.29) is 6.10 Å². The van der Waals surface area contributed by atoms with Crippen LogP contribution in [0.2, 0.25) is 0 Å². The summed E-state index contributed by atoms with van der Waals surface area (Å²) in [5.74, 6) is 0.596. The third-order valence-electron chi connectivity index (χ3n) is 3.41. The fourth-order valence-electron chi connectivity index (χ4n) is 2.52. The van der Waals surface area contributed by atoms with E-state index in [9.17, 15) is 0 Å². The summed E-state index contributed by atoms with van der Waals surface area (Å²) in [5.41, 5.74) is 0. The number of hydrogen-bond acceptors (Lipinski definition) is 4. The Kier molecular flexibility index (Phi) is 5.50. The molecule has 0 saturated carbocycles. The smallest absolute Gasteiger partial charge is 0.0841 e. The molecule has 2 aliphatic rings. The Morgan fingerprint density at radius 3 is 2.53 bits per heavy atom. The molecule has 2 aliphatic heterocycles. The minimum Gasteiger partial charge on any atom is -0.379 e. The fourth-order valence-corrected chi connectivity index (χ4v) is 2.69. The van der Waals surface area contributed by atoms with Crippen molar-refractivity contribution in [2.24, 2.45) is 0 Å². The standard InChI is InChI=1S/C12H23ClN2O2/c1-11-9-15(10-12(8-13)17-11)3-2-14-4-6-16-7-5-14/h11-12H,2-10H2,1H3. The van der Waals surface area contributed by atoms with Crippen LogP contribution >= 0.6 is 11.6 Å². The SMILES string of the molecule is CC1CN(CCN2CCOCC2)CC(CCl)O1. The first-order valence-electron chi connectivity index (χ1n) is 6.52. The van der Waals surface area contributed by atoms with Crippen LogP contribution in [-0.2, 0) is 9.47 Å². The van der Waals surface area contributed by atoms with E-state index in [1.54, 1.807) is 0 Å². The molecule has 2 unspecified atom stereocenters. The molecule has 2 atom stereocenters. The summed E-state index contributed by atoms with van der Waals surface area (Å²) in [4.78, 5) is 4.94. The van der Waals surface area contributed by atoms with Crippen molar-refractivity contribution >= 4 is 11.6 Å². The summed E-state index contributed by atoms with van der Waals surface area (Å²) in [5, 5.41) is 0. The summed E-state index contributed by atoms with van der Waals surface area (Å²) in [6.07, 6.45) is 0.502. The molecule has 17 heavy (non-hydrogen) atoms. The first-order chi connectivity index (χ1) is 8.28. The lowest BCUT2D eigenvalue weighted by Gasteiger charge is -2.37. The zero-order valence-corrected chi connectivity index (χ0v) is 11.4. The van der Waals surface area contributed by atoms with Gasteiger partial charge in [0.2, 0.25) is 0 Å². The molecular formula is C12H23ClN2O2. The van der Waals surface area contributed by atoms with Crippen LogP contribution in [0.1, 0.15) is 6.92 Å². The number of halogens is 1. The number of ether oxygens (including phenoxy) is 2. The van der Waals surface area contributed by atoms with Crippen LogP contribution in [0.25, 0.3) is 0 Å². The Morgan fingerprint density at radius 1 is 1.12 bits per heavy atom. The lowest BCUT2D eigenvalue weighted by atomic mass is 10.2. The number of rotatable bonds is 4. The van der Waals surface area contributed by atoms with E-state index in [4.69, 9.17) is 21.1 Å². The molecule has 2 saturated heterocycles. The van der Waals surface area contributed by atoms with Gasteiger partial charge in [-0.15, -0.1) is 11.6 Å². The van der Waals surface area contributed by atoms with Crippen molar-refractivity contribution in [1.82, 2.24) is 9.80 Å². The molecule has 0 amide bonds. The van der Waals surface area contributed by atoms with Gasteiger partial charge in [-0.1, -0.05) is 0 Å². The quantitative estimate of drug-likeness (QED) is 0.695. The van der Waals surface area contributed by atoms with Gasteiger partial charge in [-0.05, 0) is 6.92 Å². The molecule has 2 heterocycles. The molecule has 0 aromatic carbocycles. The Labute approximate surface area is 109 Å². The van der Waals surface area contributed by atoms with Crippen LogP contribution in [0.3, 0.4) is 0 Å². The summed E-state index contributed by atoms with van der Waals surface area (Å²) >= 11 is 5.88. The lowest BCUT2D eigenvalue weighted by Crippen LogP contribution is -2.50. The van der Waals surface area contributed by atoms with Crippen LogP contribution in [-0.4, -0.2) is 80.4 Å². The van der Waals surface area contributed by atoms with Gasteiger partial charge in [0.15, 0.2) is 0 Å². The van der Waals surface area contributed by atoms with E-state index in [2.05, 4.69) is 16.7 Å². The summed E-state index contributed by atoms with van der Waals surface area (Å²) in [7, 11) is 0. The fraction of sp³-hybridized carbons (Fsp3) is 1.00. The number of nitrogens with zero attached hydrogens (tertiary/aromatic N) is 2. The molecule has 0 spiro atoms. The highest BCUT2D eigenvalue weighted by Gasteiger charge is 2.24. The van der Waals surface area contributed by atoms with Gasteiger partial charge in [0.25, 0.3) is 0 Å². The normalized spacial score (nSPS) is 32.8. The lowest BCUT2D eigenvalue weighted by molar-refractivity contribution is -0.0694. The predicted octanol–water partition coefficient (Wildman–Crippen LogP) is 0.647. The molecule has 0 bridgehead atoms. The van der Waals surface area contributed by atoms with Gasteiger partial charge < -0.3 is 9.47 Å². The largest absolute Gasteiger partial charge is 0.379 e. The number of alkyl halides is 1. The molecular weight excluding hydrogens is 240 g/mol. The molecule has 0 radical (unpaired) electrons. The average Bonchev–Trinajstić information content (AvgIpc) is 2.37. The predicted molar refractivity (Wildman–Crippen MR) is 68.8 cm³/mol. The van der Waals surface area contributed by atoms with Gasteiger partial charge in [0, 0.05) is 45.1 Å². The molecule has 2 rings (SSSR count). The molecule has 100 valence electrons. The molecule has 5 heteroatoms. The number of morpholine rings is 2. The first-order valence-corrected chi connectivity index (χ1v) is 7.05. The second kappa shape index (κ2) is 6.90. The van der Waals surface area contributed by atoms with Gasteiger partial charge in [0.05, 0.1) is 25.4 Å². The Morgan fingerprint density at radius 2 is 1.82 bits per heavy atom. The minimum atomic E-state index is 0.199. The average molecular weight is 263 g/mol. The topological polar surface area (TPSA) is 24.9 Å². The van der Waals surface area contributed by atoms with Gasteiger partial charge in [0.1, 0.15) is 0 Å². The third kappa shape index (κ3) is 4.38. The second-order valence-corrected chi connectivity index (χ2v) is 5.25. The van der Waals surface area contributed by atoms with Crippen LogP contribution in [0, 0.1) is 0 Å². The van der Waals surface area contributed by atoms with Gasteiger partial charge >= 0.3 is 0 Å². The van der Waals surface area contributed by atoms with Crippen LogP contribution in [0.15, 0.2) is 0 Å². The van der Waals surface area contributed by atoms with Crippen molar-refractivity contribution in [1.29, 1.82) is 0 Å². The van der Waals surface area contributed by atoms with E-state index in [1.807, 2.05) is 0 Å². The molecule has 0 aromatic heterocycles. The molecule has 0 aliphatic carbocycles. The Bertz CT molecular complexity index is 225. The molecule has 0 aromatic rings. The van der Waals surface area contributed by atoms with Crippen LogP contribution in [0.5, 0.6) is 0 Å². The van der Waals surface area contributed by atoms with Crippen molar-refractivity contribution in [3.8, 4) is 0 Å². The van der Waals surface area contributed by atoms with Gasteiger partial charge in [-0.2, -0.15) is 0 Å². The van der Waals surface area contributed by atoms with Crippen molar-refractivity contribution in [2.45, 2.75) is 19.1 Å². The van der Waals surface area contributed by atoms with Crippen LogP contribution in [0.4, 0.5) is 0 Å². The monoisotopic (exact) mass is 262 g/mol. The van der Waals surface area contributed by atoms with Crippen molar-refractivity contribution < 1.29 is 9.47 Å². The summed E-state index contributed by atoms with van der Waals surface area (Å²) in [6, 6.07) is 0. The highest BCUT2D eigenvalue weighted by atomic mass is 35.5. The summed E-state index contributed by atoms with van der Waals surface area (Å²) in [6.45, 7) is 10.3. The Balaban J connectivity index is 1.70. The maximum Gasteiger partial charge on any atom is 0.0841 e. The third-order valence-corrected chi connectivity index (χ3v) is 3.75. The van der Waals surface area contributed by atoms with Crippen LogP contribution < -0.4 is 0 Å².